The van der Waals surface area contributed by atoms with Crippen molar-refractivity contribution in [1.82, 2.24) is 15.3 Å². The molecule has 5 heteroatoms. The van der Waals surface area contributed by atoms with Crippen molar-refractivity contribution in [2.75, 3.05) is 31.1 Å². The van der Waals surface area contributed by atoms with Gasteiger partial charge in [-0.05, 0) is 25.0 Å². The van der Waals surface area contributed by atoms with Gasteiger partial charge in [0, 0.05) is 37.7 Å². The zero-order valence-electron chi connectivity index (χ0n) is 12.4. The molecule has 1 aromatic carbocycles. The standard InChI is InChI=1S/C17H19FN4/c18-14-3-1-2-13(10-14)17-20-11-15(16(21-17)12-4-5-12)22-8-6-19-7-9-22/h1-3,10-12,19H,4-9H2. The second-order valence-electron chi connectivity index (χ2n) is 5.99. The van der Waals surface area contributed by atoms with E-state index >= 15 is 0 Å². The number of nitrogens with zero attached hydrogens (tertiary/aromatic N) is 3. The van der Waals surface area contributed by atoms with Gasteiger partial charge in [0.1, 0.15) is 5.82 Å². The third-order valence-electron chi connectivity index (χ3n) is 4.30. The Labute approximate surface area is 129 Å². The molecule has 2 heterocycles. The van der Waals surface area contributed by atoms with Crippen molar-refractivity contribution in [3.05, 3.63) is 42.0 Å². The quantitative estimate of drug-likeness (QED) is 0.945. The maximum Gasteiger partial charge on any atom is 0.159 e. The van der Waals surface area contributed by atoms with E-state index in [0.717, 1.165) is 43.1 Å². The third kappa shape index (κ3) is 2.68. The monoisotopic (exact) mass is 298 g/mol. The zero-order chi connectivity index (χ0) is 14.9. The van der Waals surface area contributed by atoms with Crippen LogP contribution in [0.2, 0.25) is 0 Å². The molecule has 2 aliphatic rings. The van der Waals surface area contributed by atoms with E-state index in [1.54, 1.807) is 6.07 Å². The van der Waals surface area contributed by atoms with Crippen molar-refractivity contribution in [3.63, 3.8) is 0 Å². The van der Waals surface area contributed by atoms with Gasteiger partial charge < -0.3 is 10.2 Å². The van der Waals surface area contributed by atoms with E-state index in [1.165, 1.54) is 25.0 Å². The van der Waals surface area contributed by atoms with Crippen LogP contribution in [0.15, 0.2) is 30.5 Å². The van der Waals surface area contributed by atoms with E-state index < -0.39 is 0 Å². The van der Waals surface area contributed by atoms with Gasteiger partial charge in [-0.2, -0.15) is 0 Å². The summed E-state index contributed by atoms with van der Waals surface area (Å²) in [6, 6.07) is 6.51. The molecule has 0 bridgehead atoms. The molecular weight excluding hydrogens is 279 g/mol. The number of piperazine rings is 1. The molecule has 0 amide bonds. The zero-order valence-corrected chi connectivity index (χ0v) is 12.4. The average molecular weight is 298 g/mol. The molecule has 1 aliphatic heterocycles. The highest BCUT2D eigenvalue weighted by Crippen LogP contribution is 2.43. The highest BCUT2D eigenvalue weighted by molar-refractivity contribution is 5.60. The van der Waals surface area contributed by atoms with Gasteiger partial charge in [0.05, 0.1) is 17.6 Å². The molecule has 0 spiro atoms. The van der Waals surface area contributed by atoms with Gasteiger partial charge >= 0.3 is 0 Å². The minimum absolute atomic E-state index is 0.250. The minimum Gasteiger partial charge on any atom is -0.366 e. The van der Waals surface area contributed by atoms with Crippen molar-refractivity contribution in [3.8, 4) is 11.4 Å². The maximum atomic E-state index is 13.4. The van der Waals surface area contributed by atoms with Gasteiger partial charge in [0.15, 0.2) is 5.82 Å². The fourth-order valence-corrected chi connectivity index (χ4v) is 2.96. The van der Waals surface area contributed by atoms with E-state index in [9.17, 15) is 4.39 Å². The molecule has 1 saturated carbocycles. The number of benzene rings is 1. The Morgan fingerprint density at radius 3 is 2.73 bits per heavy atom. The Morgan fingerprint density at radius 1 is 1.18 bits per heavy atom. The molecule has 0 atom stereocenters. The SMILES string of the molecule is Fc1cccc(-c2ncc(N3CCNCC3)c(C3CC3)n2)c1. The normalized spacial score (nSPS) is 18.5. The number of aromatic nitrogens is 2. The number of hydrogen-bond donors (Lipinski definition) is 1. The van der Waals surface area contributed by atoms with Crippen molar-refractivity contribution < 1.29 is 4.39 Å². The topological polar surface area (TPSA) is 41.1 Å². The van der Waals surface area contributed by atoms with Crippen molar-refractivity contribution in [2.24, 2.45) is 0 Å². The minimum atomic E-state index is -0.250. The van der Waals surface area contributed by atoms with Gasteiger partial charge in [0.2, 0.25) is 0 Å². The molecule has 1 N–H and O–H groups in total. The summed E-state index contributed by atoms with van der Waals surface area (Å²) in [5.74, 6) is 0.917. The lowest BCUT2D eigenvalue weighted by Crippen LogP contribution is -2.44. The molecule has 0 radical (unpaired) electrons. The van der Waals surface area contributed by atoms with Gasteiger partial charge in [-0.15, -0.1) is 0 Å². The Bertz CT molecular complexity index is 678. The van der Waals surface area contributed by atoms with E-state index in [0.29, 0.717) is 11.7 Å². The number of nitrogens with one attached hydrogen (secondary N) is 1. The first kappa shape index (κ1) is 13.6. The van der Waals surface area contributed by atoms with Crippen LogP contribution >= 0.6 is 0 Å². The lowest BCUT2D eigenvalue weighted by Gasteiger charge is -2.30. The summed E-state index contributed by atoms with van der Waals surface area (Å²) >= 11 is 0. The van der Waals surface area contributed by atoms with Crippen LogP contribution in [-0.4, -0.2) is 36.1 Å². The van der Waals surface area contributed by atoms with Crippen molar-refractivity contribution in [2.45, 2.75) is 18.8 Å². The van der Waals surface area contributed by atoms with E-state index in [2.05, 4.69) is 15.2 Å². The summed E-state index contributed by atoms with van der Waals surface area (Å²) in [4.78, 5) is 11.6. The Hall–Kier alpha value is -2.01. The van der Waals surface area contributed by atoms with Crippen LogP contribution < -0.4 is 10.2 Å². The largest absolute Gasteiger partial charge is 0.366 e. The van der Waals surface area contributed by atoms with Crippen LogP contribution in [0.25, 0.3) is 11.4 Å². The summed E-state index contributed by atoms with van der Waals surface area (Å²) in [6.07, 6.45) is 4.31. The molecule has 1 saturated heterocycles. The van der Waals surface area contributed by atoms with Crippen molar-refractivity contribution in [1.29, 1.82) is 0 Å². The second kappa shape index (κ2) is 5.65. The first-order valence-electron chi connectivity index (χ1n) is 7.90. The van der Waals surface area contributed by atoms with Gasteiger partial charge in [-0.3, -0.25) is 0 Å². The summed E-state index contributed by atoms with van der Waals surface area (Å²) in [6.45, 7) is 3.97. The summed E-state index contributed by atoms with van der Waals surface area (Å²) < 4.78 is 13.4. The molecule has 2 fully saturated rings. The summed E-state index contributed by atoms with van der Waals surface area (Å²) in [5.41, 5.74) is 3.04. The first-order valence-corrected chi connectivity index (χ1v) is 7.90. The van der Waals surface area contributed by atoms with Gasteiger partial charge in [0.25, 0.3) is 0 Å². The summed E-state index contributed by atoms with van der Waals surface area (Å²) in [5, 5.41) is 3.37. The predicted molar refractivity (Wildman–Crippen MR) is 84.5 cm³/mol. The predicted octanol–water partition coefficient (Wildman–Crippen LogP) is 2.57. The Morgan fingerprint density at radius 2 is 2.00 bits per heavy atom. The van der Waals surface area contributed by atoms with Crippen LogP contribution in [-0.2, 0) is 0 Å². The fraction of sp³-hybridized carbons (Fsp3) is 0.412. The van der Waals surface area contributed by atoms with E-state index in [4.69, 9.17) is 4.98 Å². The lowest BCUT2D eigenvalue weighted by molar-refractivity contribution is 0.586. The number of hydrogen-bond acceptors (Lipinski definition) is 4. The Balaban J connectivity index is 1.72. The molecule has 4 nitrogen and oxygen atoms in total. The van der Waals surface area contributed by atoms with Crippen LogP contribution in [0.3, 0.4) is 0 Å². The van der Waals surface area contributed by atoms with Crippen LogP contribution in [0.1, 0.15) is 24.5 Å². The first-order chi connectivity index (χ1) is 10.8. The van der Waals surface area contributed by atoms with Crippen LogP contribution in [0.4, 0.5) is 10.1 Å². The number of anilines is 1. The smallest absolute Gasteiger partial charge is 0.159 e. The molecule has 0 unspecified atom stereocenters. The van der Waals surface area contributed by atoms with Gasteiger partial charge in [-0.1, -0.05) is 12.1 Å². The summed E-state index contributed by atoms with van der Waals surface area (Å²) in [7, 11) is 0. The molecule has 114 valence electrons. The van der Waals surface area contributed by atoms with Gasteiger partial charge in [-0.25, -0.2) is 14.4 Å². The molecule has 22 heavy (non-hydrogen) atoms. The maximum absolute atomic E-state index is 13.4. The second-order valence-corrected chi connectivity index (χ2v) is 5.99. The molecule has 1 aromatic heterocycles. The highest BCUT2D eigenvalue weighted by atomic mass is 19.1. The van der Waals surface area contributed by atoms with Crippen LogP contribution in [0.5, 0.6) is 0 Å². The van der Waals surface area contributed by atoms with Crippen LogP contribution in [0, 0.1) is 5.82 Å². The highest BCUT2D eigenvalue weighted by Gasteiger charge is 2.30. The Kier molecular flexibility index (Phi) is 3.50. The fourth-order valence-electron chi connectivity index (χ4n) is 2.96. The third-order valence-corrected chi connectivity index (χ3v) is 4.30. The molecule has 1 aliphatic carbocycles. The van der Waals surface area contributed by atoms with Crippen molar-refractivity contribution >= 4 is 5.69 Å². The van der Waals surface area contributed by atoms with E-state index in [1.807, 2.05) is 12.3 Å². The average Bonchev–Trinajstić information content (AvgIpc) is 3.40. The number of rotatable bonds is 3. The molecule has 4 rings (SSSR count). The number of halogens is 1. The lowest BCUT2D eigenvalue weighted by atomic mass is 10.1. The molecule has 2 aromatic rings. The van der Waals surface area contributed by atoms with E-state index in [-0.39, 0.29) is 5.82 Å². The molecular formula is C17H19FN4.